The number of rotatable bonds is 4. The standard InChI is InChI=1S/C23H22ClNO2/c1-2-27-22(26)15-17-6-5-13-25-21-8-4-3-7-19(21)20(23(17)25)14-16-9-11-18(24)12-10-16/h3-4,7-12,15H,2,5-6,13-14H2,1H3. The number of carbonyl (C=O) groups is 1. The maximum atomic E-state index is 12.1. The molecule has 0 unspecified atom stereocenters. The summed E-state index contributed by atoms with van der Waals surface area (Å²) in [5, 5.41) is 1.99. The van der Waals surface area contributed by atoms with Gasteiger partial charge < -0.3 is 9.30 Å². The molecule has 0 bridgehead atoms. The Kier molecular flexibility index (Phi) is 5.04. The molecule has 0 N–H and O–H groups in total. The summed E-state index contributed by atoms with van der Waals surface area (Å²) in [6.45, 7) is 3.19. The summed E-state index contributed by atoms with van der Waals surface area (Å²) in [5.41, 5.74) is 5.94. The molecule has 1 aliphatic rings. The highest BCUT2D eigenvalue weighted by Gasteiger charge is 2.24. The van der Waals surface area contributed by atoms with E-state index in [0.29, 0.717) is 6.61 Å². The average molecular weight is 380 g/mol. The first-order chi connectivity index (χ1) is 13.2. The first-order valence-electron chi connectivity index (χ1n) is 9.39. The van der Waals surface area contributed by atoms with E-state index in [1.807, 2.05) is 19.1 Å². The van der Waals surface area contributed by atoms with Gasteiger partial charge in [0, 0.05) is 40.7 Å². The molecule has 27 heavy (non-hydrogen) atoms. The molecule has 3 aromatic rings. The molecule has 0 radical (unpaired) electrons. The number of carbonyl (C=O) groups excluding carboxylic acids is 1. The van der Waals surface area contributed by atoms with Crippen LogP contribution in [0, 0.1) is 0 Å². The molecule has 0 aliphatic carbocycles. The Balaban J connectivity index is 1.87. The monoisotopic (exact) mass is 379 g/mol. The van der Waals surface area contributed by atoms with Crippen molar-refractivity contribution < 1.29 is 9.53 Å². The highest BCUT2D eigenvalue weighted by molar-refractivity contribution is 6.30. The van der Waals surface area contributed by atoms with Gasteiger partial charge in [-0.15, -0.1) is 0 Å². The van der Waals surface area contributed by atoms with E-state index < -0.39 is 0 Å². The van der Waals surface area contributed by atoms with Crippen LogP contribution in [0.2, 0.25) is 5.02 Å². The molecule has 1 aliphatic heterocycles. The fraction of sp³-hybridized carbons (Fsp3) is 0.261. The number of esters is 1. The zero-order chi connectivity index (χ0) is 18.8. The van der Waals surface area contributed by atoms with Crippen molar-refractivity contribution in [1.82, 2.24) is 4.57 Å². The van der Waals surface area contributed by atoms with Crippen molar-refractivity contribution in [3.63, 3.8) is 0 Å². The topological polar surface area (TPSA) is 31.2 Å². The number of ether oxygens (including phenoxy) is 1. The van der Waals surface area contributed by atoms with Gasteiger partial charge in [0.15, 0.2) is 0 Å². The predicted molar refractivity (Wildman–Crippen MR) is 110 cm³/mol. The third kappa shape index (κ3) is 3.52. The van der Waals surface area contributed by atoms with Crippen LogP contribution in [0.15, 0.2) is 54.6 Å². The average Bonchev–Trinajstić information content (AvgIpc) is 2.99. The number of aromatic nitrogens is 1. The Morgan fingerprint density at radius 3 is 2.74 bits per heavy atom. The lowest BCUT2D eigenvalue weighted by atomic mass is 9.95. The van der Waals surface area contributed by atoms with E-state index in [2.05, 4.69) is 41.0 Å². The number of allylic oxidation sites excluding steroid dienone is 1. The molecule has 0 spiro atoms. The van der Waals surface area contributed by atoms with Crippen LogP contribution in [0.5, 0.6) is 0 Å². The van der Waals surface area contributed by atoms with Gasteiger partial charge in [-0.2, -0.15) is 0 Å². The summed E-state index contributed by atoms with van der Waals surface area (Å²) < 4.78 is 7.52. The summed E-state index contributed by atoms with van der Waals surface area (Å²) in [6, 6.07) is 16.5. The van der Waals surface area contributed by atoms with Crippen molar-refractivity contribution in [2.45, 2.75) is 32.7 Å². The lowest BCUT2D eigenvalue weighted by Crippen LogP contribution is -2.12. The molecule has 2 aromatic carbocycles. The van der Waals surface area contributed by atoms with Crippen LogP contribution >= 0.6 is 11.6 Å². The maximum absolute atomic E-state index is 12.1. The molecule has 138 valence electrons. The molecule has 3 nitrogen and oxygen atoms in total. The largest absolute Gasteiger partial charge is 0.463 e. The molecule has 0 amide bonds. The molecule has 0 atom stereocenters. The zero-order valence-electron chi connectivity index (χ0n) is 15.4. The van der Waals surface area contributed by atoms with Gasteiger partial charge in [-0.1, -0.05) is 41.9 Å². The second-order valence-corrected chi connectivity index (χ2v) is 7.26. The molecular weight excluding hydrogens is 358 g/mol. The quantitative estimate of drug-likeness (QED) is 0.434. The van der Waals surface area contributed by atoms with E-state index in [0.717, 1.165) is 36.4 Å². The smallest absolute Gasteiger partial charge is 0.331 e. The zero-order valence-corrected chi connectivity index (χ0v) is 16.1. The Hall–Kier alpha value is -2.52. The number of halogens is 1. The van der Waals surface area contributed by atoms with Gasteiger partial charge in [0.05, 0.1) is 6.61 Å². The van der Waals surface area contributed by atoms with Crippen molar-refractivity contribution in [2.75, 3.05) is 6.61 Å². The van der Waals surface area contributed by atoms with Crippen molar-refractivity contribution in [2.24, 2.45) is 0 Å². The second kappa shape index (κ2) is 7.61. The number of hydrogen-bond acceptors (Lipinski definition) is 2. The summed E-state index contributed by atoms with van der Waals surface area (Å²) in [6.07, 6.45) is 4.40. The summed E-state index contributed by atoms with van der Waals surface area (Å²) in [4.78, 5) is 12.1. The number of nitrogens with zero attached hydrogens (tertiary/aromatic N) is 1. The van der Waals surface area contributed by atoms with E-state index in [1.165, 1.54) is 27.7 Å². The van der Waals surface area contributed by atoms with Crippen LogP contribution in [0.1, 0.15) is 36.6 Å². The van der Waals surface area contributed by atoms with Crippen LogP contribution in [-0.2, 0) is 22.5 Å². The summed E-state index contributed by atoms with van der Waals surface area (Å²) in [5.74, 6) is -0.261. The highest BCUT2D eigenvalue weighted by atomic mass is 35.5. The molecule has 4 heteroatoms. The molecule has 2 heterocycles. The fourth-order valence-corrected chi connectivity index (χ4v) is 4.10. The Labute approximate surface area is 164 Å². The van der Waals surface area contributed by atoms with Gasteiger partial charge in [-0.3, -0.25) is 0 Å². The lowest BCUT2D eigenvalue weighted by Gasteiger charge is -2.21. The maximum Gasteiger partial charge on any atom is 0.331 e. The van der Waals surface area contributed by atoms with Gasteiger partial charge >= 0.3 is 5.97 Å². The van der Waals surface area contributed by atoms with Crippen molar-refractivity contribution in [1.29, 1.82) is 0 Å². The van der Waals surface area contributed by atoms with Gasteiger partial charge in [-0.25, -0.2) is 4.79 Å². The minimum absolute atomic E-state index is 0.261. The minimum atomic E-state index is -0.261. The van der Waals surface area contributed by atoms with Gasteiger partial charge in [0.1, 0.15) is 0 Å². The number of fused-ring (bicyclic) bond motifs is 3. The van der Waals surface area contributed by atoms with Crippen molar-refractivity contribution >= 4 is 34.0 Å². The Morgan fingerprint density at radius 2 is 1.96 bits per heavy atom. The third-order valence-electron chi connectivity index (χ3n) is 5.08. The van der Waals surface area contributed by atoms with E-state index in [4.69, 9.17) is 16.3 Å². The fourth-order valence-electron chi connectivity index (χ4n) is 3.97. The van der Waals surface area contributed by atoms with E-state index in [9.17, 15) is 4.79 Å². The normalized spacial score (nSPS) is 15.1. The predicted octanol–water partition coefficient (Wildman–Crippen LogP) is 5.63. The van der Waals surface area contributed by atoms with Gasteiger partial charge in [0.25, 0.3) is 0 Å². The van der Waals surface area contributed by atoms with Crippen molar-refractivity contribution in [3.8, 4) is 0 Å². The summed E-state index contributed by atoms with van der Waals surface area (Å²) >= 11 is 6.05. The highest BCUT2D eigenvalue weighted by Crippen LogP contribution is 2.38. The van der Waals surface area contributed by atoms with E-state index in [1.54, 1.807) is 6.08 Å². The Morgan fingerprint density at radius 1 is 1.19 bits per heavy atom. The second-order valence-electron chi connectivity index (χ2n) is 6.82. The van der Waals surface area contributed by atoms with Crippen LogP contribution in [0.3, 0.4) is 0 Å². The van der Waals surface area contributed by atoms with E-state index >= 15 is 0 Å². The van der Waals surface area contributed by atoms with E-state index in [-0.39, 0.29) is 5.97 Å². The molecule has 0 fully saturated rings. The first kappa shape index (κ1) is 17.9. The molecule has 0 saturated heterocycles. The first-order valence-corrected chi connectivity index (χ1v) is 9.77. The van der Waals surface area contributed by atoms with Crippen molar-refractivity contribution in [3.05, 3.63) is 76.5 Å². The lowest BCUT2D eigenvalue weighted by molar-refractivity contribution is -0.137. The van der Waals surface area contributed by atoms with Crippen LogP contribution in [-0.4, -0.2) is 17.1 Å². The SMILES string of the molecule is CCOC(=O)C=C1CCCn2c1c(Cc1ccc(Cl)cc1)c1ccccc12. The van der Waals surface area contributed by atoms with Gasteiger partial charge in [0.2, 0.25) is 0 Å². The van der Waals surface area contributed by atoms with Crippen LogP contribution in [0.4, 0.5) is 0 Å². The van der Waals surface area contributed by atoms with Crippen LogP contribution < -0.4 is 0 Å². The van der Waals surface area contributed by atoms with Gasteiger partial charge in [-0.05, 0) is 54.7 Å². The minimum Gasteiger partial charge on any atom is -0.463 e. The number of para-hydroxylation sites is 1. The molecule has 1 aromatic heterocycles. The third-order valence-corrected chi connectivity index (χ3v) is 5.33. The number of benzene rings is 2. The number of aryl methyl sites for hydroxylation is 1. The molecular formula is C23H22ClNO2. The Bertz CT molecular complexity index is 1010. The summed E-state index contributed by atoms with van der Waals surface area (Å²) in [7, 11) is 0. The number of hydrogen-bond donors (Lipinski definition) is 0. The molecule has 0 saturated carbocycles. The molecule has 4 rings (SSSR count). The van der Waals surface area contributed by atoms with Crippen LogP contribution in [0.25, 0.3) is 16.5 Å².